The third kappa shape index (κ3) is 4.85. The number of halogens is 1. The fourth-order valence-electron chi connectivity index (χ4n) is 4.10. The van der Waals surface area contributed by atoms with Gasteiger partial charge in [0.15, 0.2) is 0 Å². The van der Waals surface area contributed by atoms with E-state index < -0.39 is 17.5 Å². The molecule has 1 amide bonds. The molecule has 2 aromatic heterocycles. The van der Waals surface area contributed by atoms with Crippen molar-refractivity contribution in [3.63, 3.8) is 0 Å². The molecule has 0 bridgehead atoms. The Kier molecular flexibility index (Phi) is 6.40. The smallest absolute Gasteiger partial charge is 0.412 e. The number of carboxylic acids is 1. The molecule has 1 aliphatic rings. The van der Waals surface area contributed by atoms with Gasteiger partial charge in [-0.3, -0.25) is 10.1 Å². The number of hydrogen-bond acceptors (Lipinski definition) is 5. The van der Waals surface area contributed by atoms with Gasteiger partial charge >= 0.3 is 12.1 Å². The van der Waals surface area contributed by atoms with E-state index >= 15 is 0 Å². The Bertz CT molecular complexity index is 1360. The molecule has 0 spiro atoms. The van der Waals surface area contributed by atoms with Gasteiger partial charge in [-0.1, -0.05) is 66.2 Å². The second kappa shape index (κ2) is 9.49. The molecule has 5 nitrogen and oxygen atoms in total. The molecule has 8 heteroatoms. The van der Waals surface area contributed by atoms with Gasteiger partial charge in [0, 0.05) is 4.88 Å². The molecule has 178 valence electrons. The first-order chi connectivity index (χ1) is 16.9. The van der Waals surface area contributed by atoms with E-state index in [1.54, 1.807) is 6.07 Å². The molecule has 0 radical (unpaired) electrons. The van der Waals surface area contributed by atoms with Crippen molar-refractivity contribution in [1.82, 2.24) is 0 Å². The van der Waals surface area contributed by atoms with Crippen LogP contribution in [0.5, 0.6) is 0 Å². The van der Waals surface area contributed by atoms with Crippen LogP contribution >= 0.6 is 34.3 Å². The van der Waals surface area contributed by atoms with Crippen molar-refractivity contribution in [1.29, 1.82) is 0 Å². The summed E-state index contributed by atoms with van der Waals surface area (Å²) in [5.74, 6) is -0.751. The number of anilines is 1. The monoisotopic (exact) mass is 523 g/mol. The lowest BCUT2D eigenvalue weighted by atomic mass is 9.93. The van der Waals surface area contributed by atoms with E-state index in [9.17, 15) is 14.7 Å². The third-order valence-electron chi connectivity index (χ3n) is 6.24. The van der Waals surface area contributed by atoms with Gasteiger partial charge in [-0.05, 0) is 59.5 Å². The van der Waals surface area contributed by atoms with Gasteiger partial charge in [0.1, 0.15) is 6.10 Å². The zero-order chi connectivity index (χ0) is 24.6. The van der Waals surface area contributed by atoms with E-state index in [1.165, 1.54) is 22.7 Å². The maximum atomic E-state index is 12.5. The summed E-state index contributed by atoms with van der Waals surface area (Å²) in [5, 5.41) is 14.3. The summed E-state index contributed by atoms with van der Waals surface area (Å²) in [6.07, 6.45) is 0.504. The van der Waals surface area contributed by atoms with E-state index in [4.69, 9.17) is 16.3 Å². The predicted molar refractivity (Wildman–Crippen MR) is 142 cm³/mol. The molecule has 1 atom stereocenters. The molecular weight excluding hydrogens is 502 g/mol. The lowest BCUT2D eigenvalue weighted by molar-refractivity contribution is -0.140. The number of aliphatic carboxylic acids is 1. The fraction of sp³-hybridized carbons (Fsp3) is 0.185. The molecule has 1 fully saturated rings. The van der Waals surface area contributed by atoms with E-state index in [2.05, 4.69) is 5.32 Å². The number of rotatable bonds is 7. The van der Waals surface area contributed by atoms with Crippen LogP contribution in [-0.4, -0.2) is 17.2 Å². The summed E-state index contributed by atoms with van der Waals surface area (Å²) < 4.78 is 6.08. The highest BCUT2D eigenvalue weighted by atomic mass is 35.5. The number of ether oxygens (including phenoxy) is 1. The quantitative estimate of drug-likeness (QED) is 0.256. The Hall–Kier alpha value is -3.13. The zero-order valence-corrected chi connectivity index (χ0v) is 21.2. The average Bonchev–Trinajstić information content (AvgIpc) is 3.32. The van der Waals surface area contributed by atoms with Gasteiger partial charge in [-0.2, -0.15) is 0 Å². The summed E-state index contributed by atoms with van der Waals surface area (Å²) in [7, 11) is 0. The van der Waals surface area contributed by atoms with Gasteiger partial charge in [0.2, 0.25) is 0 Å². The van der Waals surface area contributed by atoms with Crippen molar-refractivity contribution in [2.45, 2.75) is 31.3 Å². The third-order valence-corrected chi connectivity index (χ3v) is 8.59. The van der Waals surface area contributed by atoms with Crippen LogP contribution in [0.2, 0.25) is 4.34 Å². The van der Waals surface area contributed by atoms with Crippen LogP contribution in [0.3, 0.4) is 0 Å². The molecule has 0 saturated heterocycles. The number of carboxylic acid groups (broad SMARTS) is 1. The summed E-state index contributed by atoms with van der Waals surface area (Å²) in [4.78, 5) is 25.9. The van der Waals surface area contributed by atoms with E-state index in [1.807, 2.05) is 73.0 Å². The SMILES string of the molecule is CC(OC(=O)Nc1cc(Cl)sc1-c1ccc(-c2ccc(C3(C(=O)O)CC3)cc2)cc1)c1cccs1. The van der Waals surface area contributed by atoms with E-state index in [0.29, 0.717) is 22.9 Å². The van der Waals surface area contributed by atoms with Crippen molar-refractivity contribution in [3.8, 4) is 21.6 Å². The first-order valence-electron chi connectivity index (χ1n) is 11.1. The second-order valence-corrected chi connectivity index (χ2v) is 11.2. The largest absolute Gasteiger partial charge is 0.481 e. The van der Waals surface area contributed by atoms with Crippen LogP contribution in [0.4, 0.5) is 10.5 Å². The van der Waals surface area contributed by atoms with Gasteiger partial charge in [-0.25, -0.2) is 4.79 Å². The Labute approximate surface area is 216 Å². The maximum Gasteiger partial charge on any atom is 0.412 e. The Morgan fingerprint density at radius 1 is 1.03 bits per heavy atom. The summed E-state index contributed by atoms with van der Waals surface area (Å²) in [6.45, 7) is 1.84. The Morgan fingerprint density at radius 3 is 2.23 bits per heavy atom. The Morgan fingerprint density at radius 2 is 1.66 bits per heavy atom. The van der Waals surface area contributed by atoms with Crippen LogP contribution in [0.15, 0.2) is 72.1 Å². The van der Waals surface area contributed by atoms with Gasteiger partial charge < -0.3 is 9.84 Å². The molecule has 2 aromatic carbocycles. The minimum Gasteiger partial charge on any atom is -0.481 e. The second-order valence-electron chi connectivity index (χ2n) is 8.52. The molecule has 1 aliphatic carbocycles. The summed E-state index contributed by atoms with van der Waals surface area (Å²) >= 11 is 9.20. The predicted octanol–water partition coefficient (Wildman–Crippen LogP) is 8.22. The van der Waals surface area contributed by atoms with E-state index in [-0.39, 0.29) is 6.10 Å². The highest BCUT2D eigenvalue weighted by molar-refractivity contribution is 7.20. The van der Waals surface area contributed by atoms with Crippen LogP contribution < -0.4 is 5.32 Å². The maximum absolute atomic E-state index is 12.5. The number of benzene rings is 2. The van der Waals surface area contributed by atoms with E-state index in [0.717, 1.165) is 32.0 Å². The zero-order valence-electron chi connectivity index (χ0n) is 18.8. The summed E-state index contributed by atoms with van der Waals surface area (Å²) in [5.41, 5.74) is 3.70. The lowest BCUT2D eigenvalue weighted by Crippen LogP contribution is -2.19. The molecule has 4 aromatic rings. The normalized spacial score (nSPS) is 14.8. The first kappa shape index (κ1) is 23.6. The number of thiophene rings is 2. The molecule has 1 unspecified atom stereocenters. The first-order valence-corrected chi connectivity index (χ1v) is 13.2. The molecule has 35 heavy (non-hydrogen) atoms. The minimum atomic E-state index is -0.751. The van der Waals surface area contributed by atoms with Crippen molar-refractivity contribution in [2.75, 3.05) is 5.32 Å². The number of nitrogens with one attached hydrogen (secondary N) is 1. The van der Waals surface area contributed by atoms with Crippen molar-refractivity contribution >= 4 is 52.0 Å². The number of carbonyl (C=O) groups is 2. The molecule has 0 aliphatic heterocycles. The number of carbonyl (C=O) groups excluding carboxylic acids is 1. The van der Waals surface area contributed by atoms with Crippen molar-refractivity contribution < 1.29 is 19.4 Å². The van der Waals surface area contributed by atoms with Gasteiger partial charge in [0.05, 0.1) is 20.3 Å². The molecular formula is C27H22ClNO4S2. The number of amides is 1. The molecule has 2 heterocycles. The van der Waals surface area contributed by atoms with Crippen molar-refractivity contribution in [2.24, 2.45) is 0 Å². The Balaban J connectivity index is 1.31. The average molecular weight is 524 g/mol. The minimum absolute atomic E-state index is 0.344. The topological polar surface area (TPSA) is 75.6 Å². The summed E-state index contributed by atoms with van der Waals surface area (Å²) in [6, 6.07) is 21.3. The standard InChI is InChI=1S/C27H22ClNO4S2/c1-16(22-3-2-14-34-22)33-26(32)29-21-15-23(28)35-24(21)19-6-4-17(5-7-19)18-8-10-20(11-9-18)27(12-13-27)25(30)31/h2-11,14-16H,12-13H2,1H3,(H,29,32)(H,30,31). The fourth-order valence-corrected chi connectivity index (χ4v) is 5.99. The van der Waals surface area contributed by atoms with Crippen LogP contribution in [0.1, 0.15) is 36.3 Å². The van der Waals surface area contributed by atoms with Gasteiger partial charge in [-0.15, -0.1) is 22.7 Å². The molecule has 5 rings (SSSR count). The van der Waals surface area contributed by atoms with Crippen LogP contribution in [0, 0.1) is 0 Å². The molecule has 1 saturated carbocycles. The highest BCUT2D eigenvalue weighted by Gasteiger charge is 2.51. The van der Waals surface area contributed by atoms with Crippen LogP contribution in [-0.2, 0) is 14.9 Å². The van der Waals surface area contributed by atoms with Crippen molar-refractivity contribution in [3.05, 3.63) is 86.9 Å². The molecule has 2 N–H and O–H groups in total. The highest BCUT2D eigenvalue weighted by Crippen LogP contribution is 2.48. The number of hydrogen-bond donors (Lipinski definition) is 2. The van der Waals surface area contributed by atoms with Gasteiger partial charge in [0.25, 0.3) is 0 Å². The van der Waals surface area contributed by atoms with Crippen LogP contribution in [0.25, 0.3) is 21.6 Å². The lowest BCUT2D eigenvalue weighted by Gasteiger charge is -2.13.